The van der Waals surface area contributed by atoms with E-state index in [0.717, 1.165) is 37.7 Å². The van der Waals surface area contributed by atoms with Gasteiger partial charge in [0.2, 0.25) is 0 Å². The van der Waals surface area contributed by atoms with Crippen molar-refractivity contribution in [2.45, 2.75) is 59.0 Å². The highest BCUT2D eigenvalue weighted by Gasteiger charge is 2.29. The molecule has 2 nitrogen and oxygen atoms in total. The van der Waals surface area contributed by atoms with Gasteiger partial charge in [-0.15, -0.1) is 0 Å². The van der Waals surface area contributed by atoms with Crippen LogP contribution in [0.5, 0.6) is 0 Å². The van der Waals surface area contributed by atoms with Crippen LogP contribution >= 0.6 is 0 Å². The SMILES string of the molecule is C=C(C)C#CC(OC(=O)C1CCC1)C(C)CCC. The summed E-state index contributed by atoms with van der Waals surface area (Å²) in [6.07, 6.45) is 4.91. The Labute approximate surface area is 111 Å². The predicted octanol–water partition coefficient (Wildman–Crippen LogP) is 3.71. The van der Waals surface area contributed by atoms with Crippen molar-refractivity contribution in [3.63, 3.8) is 0 Å². The van der Waals surface area contributed by atoms with Gasteiger partial charge in [0.25, 0.3) is 0 Å². The van der Waals surface area contributed by atoms with Crippen molar-refractivity contribution in [2.75, 3.05) is 0 Å². The van der Waals surface area contributed by atoms with Gasteiger partial charge in [0.15, 0.2) is 6.10 Å². The average molecular weight is 248 g/mol. The van der Waals surface area contributed by atoms with Gasteiger partial charge >= 0.3 is 5.97 Å². The molecule has 1 saturated carbocycles. The second-order valence-corrected chi connectivity index (χ2v) is 5.30. The molecule has 0 aliphatic heterocycles. The molecule has 0 aromatic heterocycles. The van der Waals surface area contributed by atoms with E-state index in [1.807, 2.05) is 6.92 Å². The summed E-state index contributed by atoms with van der Waals surface area (Å²) in [5, 5.41) is 0. The molecule has 1 aliphatic carbocycles. The summed E-state index contributed by atoms with van der Waals surface area (Å²) in [4.78, 5) is 11.9. The van der Waals surface area contributed by atoms with Crippen LogP contribution in [-0.2, 0) is 9.53 Å². The van der Waals surface area contributed by atoms with Crippen LogP contribution in [-0.4, -0.2) is 12.1 Å². The number of rotatable bonds is 5. The Balaban J connectivity index is 2.61. The second kappa shape index (κ2) is 7.26. The molecule has 1 aliphatic rings. The molecule has 2 unspecified atom stereocenters. The minimum absolute atomic E-state index is 0.0646. The van der Waals surface area contributed by atoms with Gasteiger partial charge in [-0.25, -0.2) is 0 Å². The maximum Gasteiger partial charge on any atom is 0.310 e. The van der Waals surface area contributed by atoms with Gasteiger partial charge in [0.1, 0.15) is 0 Å². The molecule has 2 atom stereocenters. The Kier molecular flexibility index (Phi) is 5.98. The lowest BCUT2D eigenvalue weighted by molar-refractivity contribution is -0.156. The lowest BCUT2D eigenvalue weighted by Gasteiger charge is -2.26. The smallest absolute Gasteiger partial charge is 0.310 e. The summed E-state index contributed by atoms with van der Waals surface area (Å²) in [6.45, 7) is 9.85. The number of hydrogen-bond acceptors (Lipinski definition) is 2. The van der Waals surface area contributed by atoms with Gasteiger partial charge in [-0.2, -0.15) is 0 Å². The molecule has 100 valence electrons. The fourth-order valence-corrected chi connectivity index (χ4v) is 1.95. The fraction of sp³-hybridized carbons (Fsp3) is 0.688. The normalized spacial score (nSPS) is 17.9. The number of carbonyl (C=O) groups excluding carboxylic acids is 1. The zero-order valence-electron chi connectivity index (χ0n) is 11.8. The second-order valence-electron chi connectivity index (χ2n) is 5.30. The Morgan fingerprint density at radius 2 is 2.17 bits per heavy atom. The summed E-state index contributed by atoms with van der Waals surface area (Å²) in [5.74, 6) is 6.33. The van der Waals surface area contributed by atoms with Crippen molar-refractivity contribution in [3.8, 4) is 11.8 Å². The highest BCUT2D eigenvalue weighted by Crippen LogP contribution is 2.28. The van der Waals surface area contributed by atoms with Crippen LogP contribution in [0.4, 0.5) is 0 Å². The summed E-state index contributed by atoms with van der Waals surface area (Å²) in [7, 11) is 0. The van der Waals surface area contributed by atoms with Gasteiger partial charge in [0, 0.05) is 5.92 Å². The topological polar surface area (TPSA) is 26.3 Å². The van der Waals surface area contributed by atoms with Gasteiger partial charge in [0.05, 0.1) is 5.92 Å². The molecular formula is C16H24O2. The highest BCUT2D eigenvalue weighted by molar-refractivity contribution is 5.73. The van der Waals surface area contributed by atoms with E-state index in [9.17, 15) is 4.79 Å². The molecule has 0 N–H and O–H groups in total. The Bertz CT molecular complexity index is 355. The van der Waals surface area contributed by atoms with E-state index in [1.165, 1.54) is 0 Å². The number of allylic oxidation sites excluding steroid dienone is 1. The number of esters is 1. The fourth-order valence-electron chi connectivity index (χ4n) is 1.95. The number of hydrogen-bond donors (Lipinski definition) is 0. The Morgan fingerprint density at radius 3 is 2.61 bits per heavy atom. The molecule has 0 radical (unpaired) electrons. The molecule has 0 amide bonds. The molecular weight excluding hydrogens is 224 g/mol. The Morgan fingerprint density at radius 1 is 1.50 bits per heavy atom. The van der Waals surface area contributed by atoms with Crippen molar-refractivity contribution in [3.05, 3.63) is 12.2 Å². The van der Waals surface area contributed by atoms with E-state index in [0.29, 0.717) is 0 Å². The van der Waals surface area contributed by atoms with Gasteiger partial charge < -0.3 is 4.74 Å². The average Bonchev–Trinajstić information content (AvgIpc) is 2.21. The molecule has 0 saturated heterocycles. The third-order valence-corrected chi connectivity index (χ3v) is 3.37. The third-order valence-electron chi connectivity index (χ3n) is 3.37. The van der Waals surface area contributed by atoms with Gasteiger partial charge in [-0.05, 0) is 31.8 Å². The predicted molar refractivity (Wildman–Crippen MR) is 73.9 cm³/mol. The molecule has 18 heavy (non-hydrogen) atoms. The summed E-state index contributed by atoms with van der Waals surface area (Å²) >= 11 is 0. The van der Waals surface area contributed by atoms with Crippen LogP contribution in [0.25, 0.3) is 0 Å². The first-order chi connectivity index (χ1) is 8.54. The van der Waals surface area contributed by atoms with Crippen LogP contribution in [0.3, 0.4) is 0 Å². The van der Waals surface area contributed by atoms with E-state index in [2.05, 4.69) is 32.3 Å². The van der Waals surface area contributed by atoms with E-state index in [-0.39, 0.29) is 23.9 Å². The van der Waals surface area contributed by atoms with Crippen LogP contribution < -0.4 is 0 Å². The molecule has 0 aromatic carbocycles. The van der Waals surface area contributed by atoms with Crippen LogP contribution in [0.1, 0.15) is 52.9 Å². The molecule has 0 heterocycles. The van der Waals surface area contributed by atoms with Gasteiger partial charge in [-0.1, -0.05) is 45.1 Å². The molecule has 0 spiro atoms. The van der Waals surface area contributed by atoms with E-state index in [1.54, 1.807) is 0 Å². The first-order valence-corrected chi connectivity index (χ1v) is 6.92. The molecule has 0 bridgehead atoms. The lowest BCUT2D eigenvalue weighted by Crippen LogP contribution is -2.31. The monoisotopic (exact) mass is 248 g/mol. The summed E-state index contributed by atoms with van der Waals surface area (Å²) in [5.41, 5.74) is 0.809. The maximum absolute atomic E-state index is 11.9. The minimum atomic E-state index is -0.283. The maximum atomic E-state index is 11.9. The lowest BCUT2D eigenvalue weighted by atomic mass is 9.85. The summed E-state index contributed by atoms with van der Waals surface area (Å²) < 4.78 is 5.57. The number of ether oxygens (including phenoxy) is 1. The molecule has 0 aromatic rings. The molecule has 1 fully saturated rings. The van der Waals surface area contributed by atoms with Crippen molar-refractivity contribution in [2.24, 2.45) is 11.8 Å². The first kappa shape index (κ1) is 14.8. The highest BCUT2D eigenvalue weighted by atomic mass is 16.5. The summed E-state index contributed by atoms with van der Waals surface area (Å²) in [6, 6.07) is 0. The van der Waals surface area contributed by atoms with Crippen molar-refractivity contribution >= 4 is 5.97 Å². The number of carbonyl (C=O) groups is 1. The van der Waals surface area contributed by atoms with Crippen LogP contribution in [0, 0.1) is 23.7 Å². The van der Waals surface area contributed by atoms with E-state index >= 15 is 0 Å². The van der Waals surface area contributed by atoms with Gasteiger partial charge in [-0.3, -0.25) is 4.79 Å². The van der Waals surface area contributed by atoms with Crippen molar-refractivity contribution in [1.82, 2.24) is 0 Å². The van der Waals surface area contributed by atoms with Crippen molar-refractivity contribution in [1.29, 1.82) is 0 Å². The van der Waals surface area contributed by atoms with Crippen molar-refractivity contribution < 1.29 is 9.53 Å². The zero-order valence-corrected chi connectivity index (χ0v) is 11.8. The molecule has 2 heteroatoms. The Hall–Kier alpha value is -1.23. The van der Waals surface area contributed by atoms with Crippen LogP contribution in [0.15, 0.2) is 12.2 Å². The van der Waals surface area contributed by atoms with E-state index in [4.69, 9.17) is 4.74 Å². The molecule has 1 rings (SSSR count). The largest absolute Gasteiger partial charge is 0.449 e. The van der Waals surface area contributed by atoms with Crippen LogP contribution in [0.2, 0.25) is 0 Å². The quantitative estimate of drug-likeness (QED) is 0.547. The minimum Gasteiger partial charge on any atom is -0.449 e. The zero-order chi connectivity index (χ0) is 13.5. The third kappa shape index (κ3) is 4.56. The first-order valence-electron chi connectivity index (χ1n) is 6.92. The standard InChI is InChI=1S/C16H24O2/c1-5-7-13(4)15(11-10-12(2)3)18-16(17)14-8-6-9-14/h13-15H,2,5-9H2,1,3-4H3. The van der Waals surface area contributed by atoms with E-state index < -0.39 is 0 Å².